The highest BCUT2D eigenvalue weighted by Crippen LogP contribution is 2.29. The van der Waals surface area contributed by atoms with E-state index in [9.17, 15) is 13.2 Å². The molecule has 0 aliphatic carbocycles. The summed E-state index contributed by atoms with van der Waals surface area (Å²) in [5, 5.41) is 12.9. The number of guanidine groups is 1. The van der Waals surface area contributed by atoms with E-state index in [-0.39, 0.29) is 17.8 Å². The molecule has 2 saturated heterocycles. The van der Waals surface area contributed by atoms with Crippen LogP contribution in [0.1, 0.15) is 18.2 Å². The first-order valence-electron chi connectivity index (χ1n) is 9.29. The van der Waals surface area contributed by atoms with E-state index in [1.165, 1.54) is 7.05 Å². The number of aliphatic imine (C=N–C) groups is 1. The minimum absolute atomic E-state index is 0.0933. The van der Waals surface area contributed by atoms with Crippen LogP contribution in [-0.4, -0.2) is 72.8 Å². The highest BCUT2D eigenvalue weighted by Gasteiger charge is 2.38. The number of likely N-dealkylation sites (tertiary alicyclic amines) is 1. The summed E-state index contributed by atoms with van der Waals surface area (Å²) in [6, 6.07) is 0.787. The van der Waals surface area contributed by atoms with Crippen LogP contribution < -0.4 is 16.0 Å². The molecule has 4 rings (SSSR count). The van der Waals surface area contributed by atoms with Crippen molar-refractivity contribution in [1.29, 1.82) is 0 Å². The Bertz CT molecular complexity index is 797. The molecule has 154 valence electrons. The maximum Gasteiger partial charge on any atom is 0.417 e. The summed E-state index contributed by atoms with van der Waals surface area (Å²) >= 11 is 0. The van der Waals surface area contributed by atoms with Gasteiger partial charge in [-0.15, -0.1) is 0 Å². The second kappa shape index (κ2) is 7.28. The molecule has 8 nitrogen and oxygen atoms in total. The summed E-state index contributed by atoms with van der Waals surface area (Å²) in [5.41, 5.74) is 0.771. The molecule has 28 heavy (non-hydrogen) atoms. The van der Waals surface area contributed by atoms with Gasteiger partial charge in [0.05, 0.1) is 48.8 Å². The third-order valence-corrected chi connectivity index (χ3v) is 5.41. The molecule has 0 spiro atoms. The SMILES string of the molecule is CNC1=C(C(F)(F)F)CN=C(Nc2cn([C@@H]3CCN(C4COC4)C3)nc2C)N1. The number of halogens is 3. The molecule has 11 heteroatoms. The zero-order valence-electron chi connectivity index (χ0n) is 15.8. The molecule has 1 aromatic rings. The van der Waals surface area contributed by atoms with Crippen molar-refractivity contribution >= 4 is 11.6 Å². The third-order valence-electron chi connectivity index (χ3n) is 5.41. The fraction of sp³-hybridized carbons (Fsp3) is 0.647. The van der Waals surface area contributed by atoms with Gasteiger partial charge in [-0.2, -0.15) is 18.3 Å². The lowest BCUT2D eigenvalue weighted by molar-refractivity contribution is -0.0937. The van der Waals surface area contributed by atoms with Crippen LogP contribution in [0.5, 0.6) is 0 Å². The van der Waals surface area contributed by atoms with Crippen LogP contribution >= 0.6 is 0 Å². The molecule has 0 amide bonds. The van der Waals surface area contributed by atoms with Gasteiger partial charge in [-0.25, -0.2) is 4.99 Å². The minimum atomic E-state index is -4.43. The molecule has 1 aromatic heterocycles. The molecule has 1 atom stereocenters. The van der Waals surface area contributed by atoms with Gasteiger partial charge in [-0.1, -0.05) is 0 Å². The van der Waals surface area contributed by atoms with Crippen molar-refractivity contribution in [2.75, 3.05) is 45.2 Å². The Morgan fingerprint density at radius 2 is 2.07 bits per heavy atom. The highest BCUT2D eigenvalue weighted by atomic mass is 19.4. The molecule has 3 aliphatic heterocycles. The summed E-state index contributed by atoms with van der Waals surface area (Å²) in [6.45, 7) is 4.96. The average molecular weight is 399 g/mol. The third kappa shape index (κ3) is 3.68. The number of aromatic nitrogens is 2. The Balaban J connectivity index is 1.42. The summed E-state index contributed by atoms with van der Waals surface area (Å²) in [5.74, 6) is 0.170. The maximum absolute atomic E-state index is 13.0. The smallest absolute Gasteiger partial charge is 0.378 e. The van der Waals surface area contributed by atoms with E-state index in [0.717, 1.165) is 44.1 Å². The number of nitrogens with zero attached hydrogens (tertiary/aromatic N) is 4. The molecule has 0 bridgehead atoms. The van der Waals surface area contributed by atoms with E-state index >= 15 is 0 Å². The van der Waals surface area contributed by atoms with Gasteiger partial charge in [0.1, 0.15) is 5.82 Å². The molecule has 0 saturated carbocycles. The summed E-state index contributed by atoms with van der Waals surface area (Å²) in [6.07, 6.45) is -1.52. The van der Waals surface area contributed by atoms with Crippen molar-refractivity contribution in [3.05, 3.63) is 23.3 Å². The molecule has 4 heterocycles. The minimum Gasteiger partial charge on any atom is -0.378 e. The Labute approximate surface area is 160 Å². The summed E-state index contributed by atoms with van der Waals surface area (Å²) in [4.78, 5) is 6.41. The number of nitrogens with one attached hydrogen (secondary N) is 3. The molecular weight excluding hydrogens is 375 g/mol. The highest BCUT2D eigenvalue weighted by molar-refractivity contribution is 5.95. The Morgan fingerprint density at radius 1 is 1.29 bits per heavy atom. The fourth-order valence-corrected chi connectivity index (χ4v) is 3.65. The van der Waals surface area contributed by atoms with Gasteiger partial charge in [0.2, 0.25) is 5.96 Å². The monoisotopic (exact) mass is 399 g/mol. The summed E-state index contributed by atoms with van der Waals surface area (Å²) in [7, 11) is 1.44. The Hall–Kier alpha value is -2.27. The van der Waals surface area contributed by atoms with Gasteiger partial charge in [0.25, 0.3) is 0 Å². The molecule has 3 aliphatic rings. The first kappa shape index (κ1) is 19.1. The number of anilines is 1. The van der Waals surface area contributed by atoms with Crippen molar-refractivity contribution in [1.82, 2.24) is 25.3 Å². The Morgan fingerprint density at radius 3 is 2.71 bits per heavy atom. The standard InChI is InChI=1S/C17H24F3N7O/c1-10-14(23-16-22-5-13(17(18,19)20)15(21-2)24-16)7-27(25-10)11-3-4-26(6-11)12-8-28-9-12/h7,11-12,21H,3-6,8-9H2,1-2H3,(H2,22,23,24)/t11-/m1/s1. The normalized spacial score (nSPS) is 24.0. The van der Waals surface area contributed by atoms with E-state index in [1.807, 2.05) is 17.8 Å². The van der Waals surface area contributed by atoms with Crippen molar-refractivity contribution < 1.29 is 17.9 Å². The number of rotatable bonds is 4. The fourth-order valence-electron chi connectivity index (χ4n) is 3.65. The summed E-state index contributed by atoms with van der Waals surface area (Å²) < 4.78 is 46.3. The van der Waals surface area contributed by atoms with Crippen molar-refractivity contribution in [3.8, 4) is 0 Å². The molecular formula is C17H24F3N7O. The van der Waals surface area contributed by atoms with Crippen LogP contribution in [0.25, 0.3) is 0 Å². The zero-order chi connectivity index (χ0) is 19.9. The van der Waals surface area contributed by atoms with Gasteiger partial charge >= 0.3 is 6.18 Å². The first-order valence-corrected chi connectivity index (χ1v) is 9.29. The van der Waals surface area contributed by atoms with E-state index in [4.69, 9.17) is 4.74 Å². The van der Waals surface area contributed by atoms with Gasteiger partial charge < -0.3 is 20.7 Å². The molecule has 0 aromatic carbocycles. The first-order chi connectivity index (χ1) is 13.3. The molecule has 2 fully saturated rings. The van der Waals surface area contributed by atoms with Crippen LogP contribution in [0.2, 0.25) is 0 Å². The van der Waals surface area contributed by atoms with Crippen molar-refractivity contribution in [2.45, 2.75) is 31.6 Å². The quantitative estimate of drug-likeness (QED) is 0.706. The number of ether oxygens (including phenoxy) is 1. The lowest BCUT2D eigenvalue weighted by Gasteiger charge is -2.34. The second-order valence-corrected chi connectivity index (χ2v) is 7.25. The molecule has 3 N–H and O–H groups in total. The number of alkyl halides is 3. The maximum atomic E-state index is 13.0. The molecule has 0 radical (unpaired) electrons. The second-order valence-electron chi connectivity index (χ2n) is 7.25. The van der Waals surface area contributed by atoms with Crippen LogP contribution in [0.15, 0.2) is 22.6 Å². The van der Waals surface area contributed by atoms with Crippen LogP contribution in [0.3, 0.4) is 0 Å². The van der Waals surface area contributed by atoms with Gasteiger partial charge in [-0.05, 0) is 13.3 Å². The van der Waals surface area contributed by atoms with Crippen molar-refractivity contribution in [2.24, 2.45) is 4.99 Å². The van der Waals surface area contributed by atoms with Gasteiger partial charge in [0.15, 0.2) is 0 Å². The predicted molar refractivity (Wildman–Crippen MR) is 98.0 cm³/mol. The van der Waals surface area contributed by atoms with Crippen LogP contribution in [-0.2, 0) is 4.74 Å². The largest absolute Gasteiger partial charge is 0.417 e. The van der Waals surface area contributed by atoms with Gasteiger partial charge in [-0.3, -0.25) is 9.58 Å². The van der Waals surface area contributed by atoms with E-state index < -0.39 is 18.3 Å². The molecule has 0 unspecified atom stereocenters. The van der Waals surface area contributed by atoms with E-state index in [2.05, 4.69) is 30.9 Å². The zero-order valence-corrected chi connectivity index (χ0v) is 15.8. The average Bonchev–Trinajstić information content (AvgIpc) is 3.20. The Kier molecular flexibility index (Phi) is 4.96. The number of aryl methyl sites for hydroxylation is 1. The number of hydrogen-bond acceptors (Lipinski definition) is 7. The van der Waals surface area contributed by atoms with Crippen LogP contribution in [0.4, 0.5) is 18.9 Å². The van der Waals surface area contributed by atoms with Crippen molar-refractivity contribution in [3.63, 3.8) is 0 Å². The van der Waals surface area contributed by atoms with Gasteiger partial charge in [0, 0.05) is 26.3 Å². The lowest BCUT2D eigenvalue weighted by atomic mass is 10.2. The topological polar surface area (TPSA) is 78.7 Å². The number of hydrogen-bond donors (Lipinski definition) is 3. The lowest BCUT2D eigenvalue weighted by Crippen LogP contribution is -2.47. The van der Waals surface area contributed by atoms with Crippen LogP contribution in [0, 0.1) is 6.92 Å². The predicted octanol–water partition coefficient (Wildman–Crippen LogP) is 1.20. The van der Waals surface area contributed by atoms with E-state index in [1.54, 1.807) is 0 Å². The van der Waals surface area contributed by atoms with E-state index in [0.29, 0.717) is 6.04 Å².